The molecule has 0 spiro atoms. The van der Waals surface area contributed by atoms with E-state index in [1.807, 2.05) is 20.8 Å². The second kappa shape index (κ2) is 21.3. The van der Waals surface area contributed by atoms with Gasteiger partial charge in [0.1, 0.15) is 31.0 Å². The van der Waals surface area contributed by atoms with Gasteiger partial charge < -0.3 is 27.5 Å². The SMILES string of the molecule is CC[C@H]1CC[C@H](C)C[C@@H]1O[C@@H]1O[C@H](COC(=O)C(C)(C)C)[C@@H](O[Si](C(C)C)(C(C)C)C(C)C)[C@H](O[Si](C(C)C)(C(C)C)C(C)C)[C@H]1O[Si](C(C)C)(C(C)C)C(C)C. The van der Waals surface area contributed by atoms with E-state index in [4.69, 9.17) is 27.5 Å². The first kappa shape index (κ1) is 53.1. The van der Waals surface area contributed by atoms with Crippen LogP contribution in [0.3, 0.4) is 0 Å². The molecular formula is C47H96O7Si3. The van der Waals surface area contributed by atoms with E-state index in [0.717, 1.165) is 19.3 Å². The van der Waals surface area contributed by atoms with Gasteiger partial charge in [-0.3, -0.25) is 4.79 Å². The summed E-state index contributed by atoms with van der Waals surface area (Å²) in [6, 6.07) is 0. The van der Waals surface area contributed by atoms with Crippen LogP contribution in [0.4, 0.5) is 0 Å². The smallest absolute Gasteiger partial charge is 0.311 e. The van der Waals surface area contributed by atoms with Gasteiger partial charge in [-0.25, -0.2) is 0 Å². The van der Waals surface area contributed by atoms with Gasteiger partial charge in [0.15, 0.2) is 6.29 Å². The molecule has 0 radical (unpaired) electrons. The van der Waals surface area contributed by atoms with E-state index in [-0.39, 0.29) is 18.7 Å². The van der Waals surface area contributed by atoms with E-state index in [1.165, 1.54) is 6.42 Å². The minimum absolute atomic E-state index is 0.0386. The average Bonchev–Trinajstić information content (AvgIpc) is 3.06. The Morgan fingerprint density at radius 3 is 1.32 bits per heavy atom. The zero-order valence-corrected chi connectivity index (χ0v) is 44.7. The summed E-state index contributed by atoms with van der Waals surface area (Å²) in [7, 11) is -7.69. The first-order chi connectivity index (χ1) is 26.1. The minimum Gasteiger partial charge on any atom is -0.462 e. The molecule has 0 N–H and O–H groups in total. The van der Waals surface area contributed by atoms with Crippen molar-refractivity contribution in [1.82, 2.24) is 0 Å². The highest BCUT2D eigenvalue weighted by atomic mass is 28.4. The Labute approximate surface area is 357 Å². The lowest BCUT2D eigenvalue weighted by atomic mass is 9.79. The van der Waals surface area contributed by atoms with Gasteiger partial charge in [-0.05, 0) is 95.3 Å². The van der Waals surface area contributed by atoms with Crippen molar-refractivity contribution in [3.05, 3.63) is 0 Å². The summed E-state index contributed by atoms with van der Waals surface area (Å²) >= 11 is 0. The summed E-state index contributed by atoms with van der Waals surface area (Å²) in [5.74, 6) is 0.767. The maximum Gasteiger partial charge on any atom is 0.311 e. The van der Waals surface area contributed by atoms with Crippen molar-refractivity contribution in [3.8, 4) is 0 Å². The summed E-state index contributed by atoms with van der Waals surface area (Å²) in [5.41, 5.74) is 2.39. The highest BCUT2D eigenvalue weighted by Gasteiger charge is 2.61. The van der Waals surface area contributed by atoms with Gasteiger partial charge in [-0.2, -0.15) is 0 Å². The third kappa shape index (κ3) is 11.5. The molecule has 1 heterocycles. The predicted molar refractivity (Wildman–Crippen MR) is 249 cm³/mol. The molecule has 1 saturated heterocycles. The molecule has 2 aliphatic rings. The predicted octanol–water partition coefficient (Wildman–Crippen LogP) is 14.2. The first-order valence-electron chi connectivity index (χ1n) is 23.6. The molecule has 1 aliphatic carbocycles. The monoisotopic (exact) mass is 857 g/mol. The molecule has 2 fully saturated rings. The molecule has 0 aromatic rings. The number of ether oxygens (including phenoxy) is 3. The quantitative estimate of drug-likeness (QED) is 0.0892. The Morgan fingerprint density at radius 2 is 0.965 bits per heavy atom. The third-order valence-electron chi connectivity index (χ3n) is 14.7. The van der Waals surface area contributed by atoms with Crippen molar-refractivity contribution < 1.29 is 32.3 Å². The second-order valence-electron chi connectivity index (χ2n) is 22.4. The fraction of sp³-hybridized carbons (Fsp3) is 0.979. The van der Waals surface area contributed by atoms with E-state index >= 15 is 0 Å². The molecule has 0 bridgehead atoms. The van der Waals surface area contributed by atoms with Gasteiger partial charge in [-0.15, -0.1) is 0 Å². The molecule has 0 amide bonds. The van der Waals surface area contributed by atoms with Crippen LogP contribution in [0, 0.1) is 17.3 Å². The summed E-state index contributed by atoms with van der Waals surface area (Å²) in [6.07, 6.45) is 1.66. The molecule has 10 heteroatoms. The number of hydrogen-bond acceptors (Lipinski definition) is 7. The lowest BCUT2D eigenvalue weighted by molar-refractivity contribution is -0.311. The largest absolute Gasteiger partial charge is 0.462 e. The van der Waals surface area contributed by atoms with E-state index in [0.29, 0.717) is 61.7 Å². The average molecular weight is 858 g/mol. The van der Waals surface area contributed by atoms with Crippen LogP contribution in [0.25, 0.3) is 0 Å². The lowest BCUT2D eigenvalue weighted by Gasteiger charge is -2.57. The molecule has 57 heavy (non-hydrogen) atoms. The molecule has 1 saturated carbocycles. The second-order valence-corrected chi connectivity index (χ2v) is 38.6. The molecular weight excluding hydrogens is 761 g/mol. The van der Waals surface area contributed by atoms with Crippen LogP contribution in [0.15, 0.2) is 0 Å². The van der Waals surface area contributed by atoms with Crippen LogP contribution in [0.5, 0.6) is 0 Å². The Hall–Kier alpha value is -0.0794. The highest BCUT2D eigenvalue weighted by molar-refractivity contribution is 6.79. The maximum atomic E-state index is 13.6. The molecule has 0 aromatic heterocycles. The number of esters is 1. The zero-order valence-electron chi connectivity index (χ0n) is 41.7. The van der Waals surface area contributed by atoms with Crippen molar-refractivity contribution in [2.24, 2.45) is 17.3 Å². The van der Waals surface area contributed by atoms with Gasteiger partial charge in [0.25, 0.3) is 0 Å². The van der Waals surface area contributed by atoms with Crippen molar-refractivity contribution in [2.45, 2.75) is 272 Å². The van der Waals surface area contributed by atoms with Crippen molar-refractivity contribution in [1.29, 1.82) is 0 Å². The zero-order chi connectivity index (χ0) is 44.2. The molecule has 2 rings (SSSR count). The molecule has 0 aromatic carbocycles. The van der Waals surface area contributed by atoms with Crippen LogP contribution in [-0.2, 0) is 32.3 Å². The summed E-state index contributed by atoms with van der Waals surface area (Å²) in [5, 5.41) is 0. The van der Waals surface area contributed by atoms with Gasteiger partial charge in [0.2, 0.25) is 25.0 Å². The number of rotatable bonds is 20. The molecule has 7 nitrogen and oxygen atoms in total. The van der Waals surface area contributed by atoms with Crippen LogP contribution in [0.2, 0.25) is 49.9 Å². The van der Waals surface area contributed by atoms with Crippen molar-refractivity contribution in [2.75, 3.05) is 6.61 Å². The fourth-order valence-electron chi connectivity index (χ4n) is 12.0. The minimum atomic E-state index is -2.58. The fourth-order valence-corrected chi connectivity index (χ4v) is 28.7. The molecule has 0 unspecified atom stereocenters. The highest BCUT2D eigenvalue weighted by Crippen LogP contribution is 2.51. The Bertz CT molecular complexity index is 1140. The molecule has 1 aliphatic heterocycles. The van der Waals surface area contributed by atoms with E-state index in [9.17, 15) is 4.79 Å². The van der Waals surface area contributed by atoms with Gasteiger partial charge in [0.05, 0.1) is 11.5 Å². The molecule has 8 atom stereocenters. The summed E-state index contributed by atoms with van der Waals surface area (Å²) in [6.45, 7) is 53.0. The topological polar surface area (TPSA) is 72.5 Å². The Morgan fingerprint density at radius 1 is 0.596 bits per heavy atom. The van der Waals surface area contributed by atoms with E-state index < -0.39 is 61.1 Å². The van der Waals surface area contributed by atoms with Gasteiger partial charge in [-0.1, -0.05) is 151 Å². The summed E-state index contributed by atoms with van der Waals surface area (Å²) < 4.78 is 45.5. The van der Waals surface area contributed by atoms with Gasteiger partial charge in [0, 0.05) is 0 Å². The normalized spacial score (nSPS) is 27.4. The maximum absolute atomic E-state index is 13.6. The van der Waals surface area contributed by atoms with E-state index in [1.54, 1.807) is 0 Å². The molecule has 338 valence electrons. The Balaban J connectivity index is 3.19. The van der Waals surface area contributed by atoms with Crippen LogP contribution in [0.1, 0.15) is 185 Å². The third-order valence-corrected chi connectivity index (χ3v) is 33.0. The number of hydrogen-bond donors (Lipinski definition) is 0. The van der Waals surface area contributed by atoms with Crippen molar-refractivity contribution >= 4 is 30.9 Å². The summed E-state index contributed by atoms with van der Waals surface area (Å²) in [4.78, 5) is 13.6. The van der Waals surface area contributed by atoms with Crippen LogP contribution < -0.4 is 0 Å². The lowest BCUT2D eigenvalue weighted by Crippen LogP contribution is -2.70. The van der Waals surface area contributed by atoms with Gasteiger partial charge >= 0.3 is 5.97 Å². The van der Waals surface area contributed by atoms with Crippen LogP contribution in [-0.4, -0.2) is 74.3 Å². The first-order valence-corrected chi connectivity index (χ1v) is 30.0. The van der Waals surface area contributed by atoms with E-state index in [2.05, 4.69) is 138 Å². The standard InChI is InChI=1S/C47H96O7Si3/c1-24-39-26-25-38(20)27-40(39)50-45-44(54-57(35(14)15,36(16)17)37(18)19)43(53-56(32(8)9,33(10)11)34(12)13)42(41(51-45)28-49-46(48)47(21,22)23)52-55(29(2)3,30(4)5)31(6)7/h29-45H,24-28H2,1-23H3/t38-,39-,40-,41+,42+,43-,44+,45+/m0/s1. The number of carbonyl (C=O) groups excluding carboxylic acids is 1. The van der Waals surface area contributed by atoms with Crippen LogP contribution >= 0.6 is 0 Å². The van der Waals surface area contributed by atoms with Crippen molar-refractivity contribution in [3.63, 3.8) is 0 Å². The Kier molecular flexibility index (Phi) is 19.9. The number of carbonyl (C=O) groups is 1.